The van der Waals surface area contributed by atoms with Crippen molar-refractivity contribution in [1.29, 1.82) is 0 Å². The Kier molecular flexibility index (Phi) is 4.44. The number of hydrogen-bond acceptors (Lipinski definition) is 4. The molecule has 19 heavy (non-hydrogen) atoms. The van der Waals surface area contributed by atoms with Gasteiger partial charge < -0.3 is 19.5 Å². The second kappa shape index (κ2) is 6.27. The summed E-state index contributed by atoms with van der Waals surface area (Å²) in [5.41, 5.74) is 1.38. The van der Waals surface area contributed by atoms with E-state index < -0.39 is 7.12 Å². The number of methoxy groups -OCH3 is 1. The standard InChI is InChI=1S/C14H15BO4/c1-18-14-9-12(7-8-13(14)15(16)17)19-10-11-5-3-2-4-6-11/h2-9,16-17H,10H2,1H3. The molecule has 2 rings (SSSR count). The lowest BCUT2D eigenvalue weighted by atomic mass is 9.79. The molecule has 0 aliphatic rings. The quantitative estimate of drug-likeness (QED) is 0.784. The van der Waals surface area contributed by atoms with Crippen LogP contribution in [-0.4, -0.2) is 24.3 Å². The van der Waals surface area contributed by atoms with Crippen LogP contribution >= 0.6 is 0 Å². The van der Waals surface area contributed by atoms with Crippen LogP contribution in [0, 0.1) is 0 Å². The lowest BCUT2D eigenvalue weighted by molar-refractivity contribution is 0.304. The molecular formula is C14H15BO4. The van der Waals surface area contributed by atoms with E-state index in [-0.39, 0.29) is 0 Å². The number of rotatable bonds is 5. The molecule has 0 saturated carbocycles. The molecule has 0 fully saturated rings. The normalized spacial score (nSPS) is 10.1. The summed E-state index contributed by atoms with van der Waals surface area (Å²) in [5.74, 6) is 1.01. The van der Waals surface area contributed by atoms with Gasteiger partial charge in [0, 0.05) is 11.5 Å². The third kappa shape index (κ3) is 3.50. The van der Waals surface area contributed by atoms with Crippen LogP contribution < -0.4 is 14.9 Å². The molecule has 0 atom stereocenters. The molecule has 98 valence electrons. The summed E-state index contributed by atoms with van der Waals surface area (Å²) in [6.07, 6.45) is 0. The minimum Gasteiger partial charge on any atom is -0.497 e. The van der Waals surface area contributed by atoms with Gasteiger partial charge in [0.2, 0.25) is 0 Å². The maximum atomic E-state index is 9.17. The van der Waals surface area contributed by atoms with Crippen molar-refractivity contribution in [2.75, 3.05) is 7.11 Å². The van der Waals surface area contributed by atoms with E-state index in [4.69, 9.17) is 19.5 Å². The summed E-state index contributed by atoms with van der Waals surface area (Å²) in [7, 11) is -0.0829. The molecule has 4 nitrogen and oxygen atoms in total. The van der Waals surface area contributed by atoms with Crippen LogP contribution in [0.25, 0.3) is 0 Å². The Bertz CT molecular complexity index is 528. The summed E-state index contributed by atoms with van der Waals surface area (Å²) in [6.45, 7) is 0.449. The van der Waals surface area contributed by atoms with Gasteiger partial charge in [-0.2, -0.15) is 0 Å². The Hall–Kier alpha value is -1.98. The summed E-state index contributed by atoms with van der Waals surface area (Å²) < 4.78 is 10.7. The van der Waals surface area contributed by atoms with Gasteiger partial charge in [0.1, 0.15) is 18.1 Å². The molecule has 0 saturated heterocycles. The van der Waals surface area contributed by atoms with Crippen LogP contribution in [0.4, 0.5) is 0 Å². The van der Waals surface area contributed by atoms with Crippen molar-refractivity contribution in [3.8, 4) is 11.5 Å². The number of benzene rings is 2. The van der Waals surface area contributed by atoms with Gasteiger partial charge in [-0.3, -0.25) is 0 Å². The van der Waals surface area contributed by atoms with Gasteiger partial charge in [0.25, 0.3) is 0 Å². The highest BCUT2D eigenvalue weighted by molar-refractivity contribution is 6.59. The molecule has 0 heterocycles. The van der Waals surface area contributed by atoms with Crippen LogP contribution in [-0.2, 0) is 6.61 Å². The lowest BCUT2D eigenvalue weighted by Crippen LogP contribution is -2.31. The van der Waals surface area contributed by atoms with E-state index in [9.17, 15) is 0 Å². The fraction of sp³-hybridized carbons (Fsp3) is 0.143. The Morgan fingerprint density at radius 3 is 2.42 bits per heavy atom. The van der Waals surface area contributed by atoms with Crippen LogP contribution in [0.3, 0.4) is 0 Å². The largest absolute Gasteiger partial charge is 0.497 e. The summed E-state index contributed by atoms with van der Waals surface area (Å²) >= 11 is 0. The zero-order valence-corrected chi connectivity index (χ0v) is 10.6. The summed E-state index contributed by atoms with van der Waals surface area (Å²) in [5, 5.41) is 18.3. The number of ether oxygens (including phenoxy) is 2. The van der Waals surface area contributed by atoms with E-state index in [1.165, 1.54) is 7.11 Å². The Labute approximate surface area is 112 Å². The molecule has 0 aromatic heterocycles. The van der Waals surface area contributed by atoms with E-state index in [0.717, 1.165) is 5.56 Å². The van der Waals surface area contributed by atoms with Crippen LogP contribution in [0.1, 0.15) is 5.56 Å². The molecule has 0 spiro atoms. The van der Waals surface area contributed by atoms with Crippen LogP contribution in [0.2, 0.25) is 0 Å². The predicted octanol–water partition coefficient (Wildman–Crippen LogP) is 0.954. The maximum Gasteiger partial charge on any atom is 0.492 e. The third-order valence-corrected chi connectivity index (χ3v) is 2.73. The van der Waals surface area contributed by atoms with Crippen LogP contribution in [0.15, 0.2) is 48.5 Å². The van der Waals surface area contributed by atoms with Crippen molar-refractivity contribution < 1.29 is 19.5 Å². The van der Waals surface area contributed by atoms with Crippen LogP contribution in [0.5, 0.6) is 11.5 Å². The van der Waals surface area contributed by atoms with E-state index in [1.807, 2.05) is 30.3 Å². The zero-order chi connectivity index (χ0) is 13.7. The smallest absolute Gasteiger partial charge is 0.492 e. The van der Waals surface area contributed by atoms with E-state index in [1.54, 1.807) is 18.2 Å². The third-order valence-electron chi connectivity index (χ3n) is 2.73. The van der Waals surface area contributed by atoms with Crippen molar-refractivity contribution in [3.05, 3.63) is 54.1 Å². The first-order chi connectivity index (χ1) is 9.20. The Balaban J connectivity index is 2.09. The first-order valence-electron chi connectivity index (χ1n) is 5.91. The molecule has 5 heteroatoms. The van der Waals surface area contributed by atoms with E-state index in [0.29, 0.717) is 23.6 Å². The van der Waals surface area contributed by atoms with Crippen molar-refractivity contribution in [2.45, 2.75) is 6.61 Å². The molecule has 0 bridgehead atoms. The van der Waals surface area contributed by atoms with Gasteiger partial charge in [0.15, 0.2) is 0 Å². The minimum atomic E-state index is -1.56. The highest BCUT2D eigenvalue weighted by atomic mass is 16.5. The summed E-state index contributed by atoms with van der Waals surface area (Å²) in [4.78, 5) is 0. The first-order valence-corrected chi connectivity index (χ1v) is 5.91. The van der Waals surface area contributed by atoms with Crippen molar-refractivity contribution >= 4 is 12.6 Å². The molecular weight excluding hydrogens is 243 g/mol. The molecule has 0 aliphatic heterocycles. The first kappa shape index (κ1) is 13.5. The fourth-order valence-electron chi connectivity index (χ4n) is 1.74. The topological polar surface area (TPSA) is 58.9 Å². The zero-order valence-electron chi connectivity index (χ0n) is 10.6. The van der Waals surface area contributed by atoms with E-state index in [2.05, 4.69) is 0 Å². The molecule has 0 radical (unpaired) electrons. The minimum absolute atomic E-state index is 0.314. The second-order valence-electron chi connectivity index (χ2n) is 4.05. The average molecular weight is 258 g/mol. The fourth-order valence-corrected chi connectivity index (χ4v) is 1.74. The Morgan fingerprint density at radius 1 is 1.05 bits per heavy atom. The maximum absolute atomic E-state index is 9.17. The van der Waals surface area contributed by atoms with Gasteiger partial charge >= 0.3 is 7.12 Å². The summed E-state index contributed by atoms with van der Waals surface area (Å²) in [6, 6.07) is 14.7. The SMILES string of the molecule is COc1cc(OCc2ccccc2)ccc1B(O)O. The molecule has 2 aromatic rings. The van der Waals surface area contributed by atoms with Crippen molar-refractivity contribution in [2.24, 2.45) is 0 Å². The highest BCUT2D eigenvalue weighted by Gasteiger charge is 2.17. The Morgan fingerprint density at radius 2 is 1.79 bits per heavy atom. The highest BCUT2D eigenvalue weighted by Crippen LogP contribution is 2.19. The second-order valence-corrected chi connectivity index (χ2v) is 4.05. The molecule has 2 N–H and O–H groups in total. The average Bonchev–Trinajstić information content (AvgIpc) is 2.45. The molecule has 2 aromatic carbocycles. The van der Waals surface area contributed by atoms with Gasteiger partial charge in [-0.05, 0) is 11.6 Å². The van der Waals surface area contributed by atoms with Gasteiger partial charge in [-0.25, -0.2) is 0 Å². The monoisotopic (exact) mass is 258 g/mol. The number of hydrogen-bond donors (Lipinski definition) is 2. The van der Waals surface area contributed by atoms with Crippen molar-refractivity contribution in [3.63, 3.8) is 0 Å². The van der Waals surface area contributed by atoms with Gasteiger partial charge in [0.05, 0.1) is 7.11 Å². The molecule has 0 amide bonds. The van der Waals surface area contributed by atoms with Crippen molar-refractivity contribution in [1.82, 2.24) is 0 Å². The molecule has 0 unspecified atom stereocenters. The van der Waals surface area contributed by atoms with Gasteiger partial charge in [-0.15, -0.1) is 0 Å². The van der Waals surface area contributed by atoms with Gasteiger partial charge in [-0.1, -0.05) is 36.4 Å². The lowest BCUT2D eigenvalue weighted by Gasteiger charge is -2.11. The van der Waals surface area contributed by atoms with E-state index >= 15 is 0 Å². The predicted molar refractivity (Wildman–Crippen MR) is 73.6 cm³/mol. The molecule has 0 aliphatic carbocycles.